The van der Waals surface area contributed by atoms with Crippen molar-refractivity contribution in [2.24, 2.45) is 0 Å². The molecule has 28 heavy (non-hydrogen) atoms. The van der Waals surface area contributed by atoms with Gasteiger partial charge in [-0.15, -0.1) is 0 Å². The fraction of sp³-hybridized carbons (Fsp3) is 0.435. The van der Waals surface area contributed by atoms with Gasteiger partial charge in [0, 0.05) is 12.8 Å². The first kappa shape index (κ1) is 17.9. The van der Waals surface area contributed by atoms with Crippen LogP contribution in [0, 0.1) is 0 Å². The van der Waals surface area contributed by atoms with E-state index in [1.54, 1.807) is 24.3 Å². The molecule has 0 saturated carbocycles. The zero-order chi connectivity index (χ0) is 19.5. The number of likely N-dealkylation sites (N-methyl/N-ethyl adjacent to an activating group) is 1. The minimum absolute atomic E-state index is 0.191. The van der Waals surface area contributed by atoms with Gasteiger partial charge in [0.05, 0.1) is 14.1 Å². The van der Waals surface area contributed by atoms with E-state index >= 15 is 0 Å². The van der Waals surface area contributed by atoms with Crippen molar-refractivity contribution >= 4 is 5.97 Å². The fourth-order valence-corrected chi connectivity index (χ4v) is 5.30. The highest BCUT2D eigenvalue weighted by atomic mass is 16.6. The molecule has 3 fully saturated rings. The second kappa shape index (κ2) is 6.14. The summed E-state index contributed by atoms with van der Waals surface area (Å²) in [6.07, 6.45) is 1.95. The number of fused-ring (bicyclic) bond motifs is 5. The Morgan fingerprint density at radius 2 is 1.43 bits per heavy atom. The summed E-state index contributed by atoms with van der Waals surface area (Å²) in [6.45, 7) is 0. The van der Waals surface area contributed by atoms with E-state index in [4.69, 9.17) is 9.47 Å². The number of carbonyl (C=O) groups is 1. The van der Waals surface area contributed by atoms with Gasteiger partial charge >= 0.3 is 5.97 Å². The molecule has 146 valence electrons. The molecule has 3 unspecified atom stereocenters. The molecule has 5 nitrogen and oxygen atoms in total. The lowest BCUT2D eigenvalue weighted by Gasteiger charge is -2.45. The van der Waals surface area contributed by atoms with Crippen molar-refractivity contribution in [3.05, 3.63) is 71.8 Å². The van der Waals surface area contributed by atoms with Crippen LogP contribution in [0.15, 0.2) is 60.7 Å². The highest BCUT2D eigenvalue weighted by molar-refractivity contribution is 5.85. The lowest BCUT2D eigenvalue weighted by Crippen LogP contribution is -2.60. The van der Waals surface area contributed by atoms with Crippen LogP contribution in [0.25, 0.3) is 0 Å². The first-order valence-corrected chi connectivity index (χ1v) is 9.95. The number of benzene rings is 2. The van der Waals surface area contributed by atoms with Crippen LogP contribution in [-0.4, -0.2) is 60.0 Å². The molecule has 3 aliphatic heterocycles. The first-order chi connectivity index (χ1) is 13.4. The SMILES string of the molecule is C[N+]1(C)C2CC(OC(=O)C(O)(c3ccccc3)c3ccccc3)CC1[C@@H]1O[C@H]21. The first-order valence-electron chi connectivity index (χ1n) is 9.95. The van der Waals surface area contributed by atoms with Gasteiger partial charge in [-0.2, -0.15) is 0 Å². The van der Waals surface area contributed by atoms with Gasteiger partial charge in [0.2, 0.25) is 5.60 Å². The van der Waals surface area contributed by atoms with Gasteiger partial charge in [0.15, 0.2) is 0 Å². The number of morpholine rings is 1. The highest BCUT2D eigenvalue weighted by Gasteiger charge is 2.70. The van der Waals surface area contributed by atoms with Crippen LogP contribution in [0.1, 0.15) is 24.0 Å². The van der Waals surface area contributed by atoms with E-state index < -0.39 is 11.6 Å². The Hall–Kier alpha value is -2.21. The number of rotatable bonds is 4. The molecule has 5 heteroatoms. The maximum Gasteiger partial charge on any atom is 0.347 e. The Labute approximate surface area is 165 Å². The molecule has 3 aliphatic rings. The number of hydrogen-bond acceptors (Lipinski definition) is 4. The molecular weight excluding hydrogens is 354 g/mol. The second-order valence-electron chi connectivity index (χ2n) is 8.77. The molecule has 0 aromatic heterocycles. The van der Waals surface area contributed by atoms with E-state index in [0.717, 1.165) is 17.3 Å². The van der Waals surface area contributed by atoms with Gasteiger partial charge in [-0.05, 0) is 11.1 Å². The molecule has 0 spiro atoms. The van der Waals surface area contributed by atoms with Crippen molar-refractivity contribution in [3.63, 3.8) is 0 Å². The Morgan fingerprint density at radius 1 is 0.964 bits per heavy atom. The van der Waals surface area contributed by atoms with Crippen LogP contribution in [-0.2, 0) is 19.9 Å². The minimum atomic E-state index is -1.82. The largest absolute Gasteiger partial charge is 0.459 e. The molecular formula is C23H26NO4+. The molecule has 0 aliphatic carbocycles. The molecule has 2 aromatic rings. The monoisotopic (exact) mass is 380 g/mol. The van der Waals surface area contributed by atoms with Gasteiger partial charge in [-0.3, -0.25) is 0 Å². The third kappa shape index (κ3) is 2.54. The number of ether oxygens (including phenoxy) is 2. The number of aliphatic hydroxyl groups is 1. The maximum absolute atomic E-state index is 13.3. The average molecular weight is 380 g/mol. The Kier molecular flexibility index (Phi) is 3.92. The summed E-state index contributed by atoms with van der Waals surface area (Å²) in [5, 5.41) is 11.6. The van der Waals surface area contributed by atoms with Crippen LogP contribution in [0.3, 0.4) is 0 Å². The molecule has 0 amide bonds. The van der Waals surface area contributed by atoms with Gasteiger partial charge in [-0.1, -0.05) is 60.7 Å². The summed E-state index contributed by atoms with van der Waals surface area (Å²) in [5.41, 5.74) is -0.775. The Bertz CT molecular complexity index is 822. The molecule has 1 N–H and O–H groups in total. The predicted octanol–water partition coefficient (Wildman–Crippen LogP) is 2.22. The van der Waals surface area contributed by atoms with Crippen LogP contribution in [0.2, 0.25) is 0 Å². The second-order valence-corrected chi connectivity index (χ2v) is 8.77. The van der Waals surface area contributed by atoms with Crippen LogP contribution < -0.4 is 0 Å². The molecule has 3 heterocycles. The maximum atomic E-state index is 13.3. The molecule has 5 rings (SSSR count). The van der Waals surface area contributed by atoms with E-state index in [-0.39, 0.29) is 6.10 Å². The smallest absolute Gasteiger partial charge is 0.347 e. The lowest BCUT2D eigenvalue weighted by molar-refractivity contribution is -0.938. The van der Waals surface area contributed by atoms with Crippen molar-refractivity contribution in [1.29, 1.82) is 0 Å². The Morgan fingerprint density at radius 3 is 1.89 bits per heavy atom. The topological polar surface area (TPSA) is 59.1 Å². The van der Waals surface area contributed by atoms with Gasteiger partial charge in [0.1, 0.15) is 30.4 Å². The third-order valence-electron chi connectivity index (χ3n) is 6.99. The summed E-state index contributed by atoms with van der Waals surface area (Å²) >= 11 is 0. The average Bonchev–Trinajstić information content (AvgIpc) is 3.47. The van der Waals surface area contributed by atoms with E-state index in [1.807, 2.05) is 36.4 Å². The van der Waals surface area contributed by atoms with E-state index in [2.05, 4.69) is 14.1 Å². The third-order valence-corrected chi connectivity index (χ3v) is 6.99. The molecule has 0 radical (unpaired) electrons. The number of quaternary nitrogens is 1. The predicted molar refractivity (Wildman–Crippen MR) is 103 cm³/mol. The van der Waals surface area contributed by atoms with E-state index in [0.29, 0.717) is 35.4 Å². The highest BCUT2D eigenvalue weighted by Crippen LogP contribution is 2.51. The van der Waals surface area contributed by atoms with E-state index in [9.17, 15) is 9.90 Å². The Balaban J connectivity index is 1.42. The van der Waals surface area contributed by atoms with Crippen LogP contribution in [0.5, 0.6) is 0 Å². The lowest BCUT2D eigenvalue weighted by atomic mass is 9.86. The standard InChI is InChI=1S/C23H26NO4/c1-24(2)18-13-17(14-19(24)21-20(18)28-21)27-22(25)23(26,15-9-5-3-6-10-15)16-11-7-4-8-12-16/h3-12,17-21,26H,13-14H2,1-2H3/q+1/t17?,18?,19?,20-,21+. The zero-order valence-corrected chi connectivity index (χ0v) is 16.2. The number of nitrogens with zero attached hydrogens (tertiary/aromatic N) is 1. The number of esters is 1. The minimum Gasteiger partial charge on any atom is -0.459 e. The summed E-state index contributed by atoms with van der Waals surface area (Å²) in [7, 11) is 4.49. The molecule has 2 bridgehead atoms. The fourth-order valence-electron chi connectivity index (χ4n) is 5.30. The van der Waals surface area contributed by atoms with Crippen molar-refractivity contribution in [3.8, 4) is 0 Å². The summed E-state index contributed by atoms with van der Waals surface area (Å²) in [4.78, 5) is 13.3. The molecule has 3 saturated heterocycles. The summed E-state index contributed by atoms with van der Waals surface area (Å²) in [6, 6.07) is 18.8. The summed E-state index contributed by atoms with van der Waals surface area (Å²) < 4.78 is 12.7. The molecule has 2 aromatic carbocycles. The summed E-state index contributed by atoms with van der Waals surface area (Å²) in [5.74, 6) is -0.601. The van der Waals surface area contributed by atoms with Crippen molar-refractivity contribution in [2.45, 2.75) is 48.8 Å². The van der Waals surface area contributed by atoms with Gasteiger partial charge in [0.25, 0.3) is 0 Å². The number of hydrogen-bond donors (Lipinski definition) is 1. The van der Waals surface area contributed by atoms with E-state index in [1.165, 1.54) is 0 Å². The normalized spacial score (nSPS) is 32.5. The van der Waals surface area contributed by atoms with Gasteiger partial charge in [-0.25, -0.2) is 4.79 Å². The number of piperidine rings is 1. The number of epoxide rings is 1. The van der Waals surface area contributed by atoms with Crippen molar-refractivity contribution in [1.82, 2.24) is 0 Å². The van der Waals surface area contributed by atoms with Crippen molar-refractivity contribution in [2.75, 3.05) is 14.1 Å². The quantitative estimate of drug-likeness (QED) is 0.502. The van der Waals surface area contributed by atoms with Crippen molar-refractivity contribution < 1.29 is 23.9 Å². The zero-order valence-electron chi connectivity index (χ0n) is 16.2. The molecule has 5 atom stereocenters. The van der Waals surface area contributed by atoms with Crippen LogP contribution >= 0.6 is 0 Å². The van der Waals surface area contributed by atoms with Crippen LogP contribution in [0.4, 0.5) is 0 Å². The number of carbonyl (C=O) groups excluding carboxylic acids is 1. The van der Waals surface area contributed by atoms with Gasteiger partial charge < -0.3 is 19.1 Å².